The number of ether oxygens (including phenoxy) is 2. The Morgan fingerprint density at radius 3 is 2.59 bits per heavy atom. The van der Waals surface area contributed by atoms with Gasteiger partial charge in [-0.05, 0) is 35.3 Å². The van der Waals surface area contributed by atoms with Crippen molar-refractivity contribution in [3.8, 4) is 0 Å². The molecule has 2 aromatic rings. The number of hydrogen-bond acceptors (Lipinski definition) is 8. The van der Waals surface area contributed by atoms with Crippen LogP contribution in [-0.2, 0) is 35.2 Å². The molecule has 1 amide bonds. The number of carbonyl (C=O) groups excluding carboxylic acids is 2. The molecule has 2 aliphatic rings. The first kappa shape index (κ1) is 23.9. The quantitative estimate of drug-likeness (QED) is 0.448. The number of esters is 1. The smallest absolute Gasteiger partial charge is 0.414 e. The van der Waals surface area contributed by atoms with Gasteiger partial charge in [-0.25, -0.2) is 4.79 Å². The van der Waals surface area contributed by atoms with Crippen molar-refractivity contribution >= 4 is 33.4 Å². The van der Waals surface area contributed by atoms with E-state index in [9.17, 15) is 18.0 Å². The lowest BCUT2D eigenvalue weighted by atomic mass is 9.95. The summed E-state index contributed by atoms with van der Waals surface area (Å²) in [6.07, 6.45) is 2.24. The first-order valence-corrected chi connectivity index (χ1v) is 12.7. The van der Waals surface area contributed by atoms with Crippen molar-refractivity contribution in [1.29, 1.82) is 0 Å². The first-order valence-electron chi connectivity index (χ1n) is 10.8. The van der Waals surface area contributed by atoms with Gasteiger partial charge in [-0.2, -0.15) is 8.42 Å². The molecule has 0 radical (unpaired) electrons. The fourth-order valence-electron chi connectivity index (χ4n) is 3.81. The number of hydrogen-bond donors (Lipinski definition) is 1. The molecule has 0 aromatic heterocycles. The summed E-state index contributed by atoms with van der Waals surface area (Å²) in [5.41, 5.74) is 3.51. The molecular weight excluding hydrogens is 460 g/mol. The van der Waals surface area contributed by atoms with Crippen LogP contribution in [0.15, 0.2) is 60.7 Å². The molecule has 180 valence electrons. The van der Waals surface area contributed by atoms with E-state index < -0.39 is 28.4 Å². The molecule has 2 heterocycles. The van der Waals surface area contributed by atoms with E-state index in [1.165, 1.54) is 4.90 Å². The van der Waals surface area contributed by atoms with E-state index in [4.69, 9.17) is 13.7 Å². The Morgan fingerprint density at radius 2 is 1.88 bits per heavy atom. The van der Waals surface area contributed by atoms with Crippen molar-refractivity contribution in [2.24, 2.45) is 0 Å². The average molecular weight is 487 g/mol. The van der Waals surface area contributed by atoms with E-state index in [1.54, 1.807) is 12.1 Å². The van der Waals surface area contributed by atoms with Gasteiger partial charge in [-0.1, -0.05) is 48.5 Å². The third-order valence-corrected chi connectivity index (χ3v) is 6.10. The molecule has 34 heavy (non-hydrogen) atoms. The minimum absolute atomic E-state index is 0.190. The van der Waals surface area contributed by atoms with E-state index in [0.29, 0.717) is 18.7 Å². The summed E-state index contributed by atoms with van der Waals surface area (Å²) in [6.45, 7) is 0.743. The van der Waals surface area contributed by atoms with E-state index in [2.05, 4.69) is 5.32 Å². The summed E-state index contributed by atoms with van der Waals surface area (Å²) in [5.74, 6) is -0.298. The lowest BCUT2D eigenvalue weighted by Gasteiger charge is -2.23. The highest BCUT2D eigenvalue weighted by Gasteiger charge is 2.33. The second kappa shape index (κ2) is 10.4. The number of nitrogens with zero attached hydrogens (tertiary/aromatic N) is 1. The second-order valence-electron chi connectivity index (χ2n) is 8.14. The van der Waals surface area contributed by atoms with Gasteiger partial charge in [-0.15, -0.1) is 0 Å². The fraction of sp³-hybridized carbons (Fsp3) is 0.333. The Balaban J connectivity index is 1.34. The summed E-state index contributed by atoms with van der Waals surface area (Å²) < 4.78 is 37.7. The highest BCUT2D eigenvalue weighted by atomic mass is 32.2. The van der Waals surface area contributed by atoms with E-state index in [-0.39, 0.29) is 25.7 Å². The molecule has 2 atom stereocenters. The summed E-state index contributed by atoms with van der Waals surface area (Å²) in [5, 5.41) is 3.17. The number of benzene rings is 2. The fourth-order valence-corrected chi connectivity index (χ4v) is 4.20. The SMILES string of the molecule is CS(=O)(=O)OC[C@H]1CN(c2ccc(C3=CCNC(C(=O)OCc4ccccc4)C3)cc2)C(=O)O1. The number of cyclic esters (lactones) is 1. The van der Waals surface area contributed by atoms with Crippen molar-refractivity contribution in [3.05, 3.63) is 71.8 Å². The Hall–Kier alpha value is -3.21. The van der Waals surface area contributed by atoms with Crippen LogP contribution < -0.4 is 10.2 Å². The molecule has 4 rings (SSSR count). The highest BCUT2D eigenvalue weighted by molar-refractivity contribution is 7.85. The predicted octanol–water partition coefficient (Wildman–Crippen LogP) is 2.48. The van der Waals surface area contributed by atoms with Gasteiger partial charge in [0, 0.05) is 12.2 Å². The molecule has 0 spiro atoms. The summed E-state index contributed by atoms with van der Waals surface area (Å²) in [6, 6.07) is 16.4. The molecule has 0 aliphatic carbocycles. The van der Waals surface area contributed by atoms with Crippen molar-refractivity contribution in [2.45, 2.75) is 25.2 Å². The van der Waals surface area contributed by atoms with Crippen LogP contribution in [-0.4, -0.2) is 58.6 Å². The van der Waals surface area contributed by atoms with Crippen LogP contribution in [0, 0.1) is 0 Å². The van der Waals surface area contributed by atoms with Crippen LogP contribution >= 0.6 is 0 Å². The minimum Gasteiger partial charge on any atom is -0.460 e. The normalized spacial score (nSPS) is 20.6. The number of carbonyl (C=O) groups is 2. The van der Waals surface area contributed by atoms with E-state index in [0.717, 1.165) is 23.0 Å². The van der Waals surface area contributed by atoms with Crippen LogP contribution in [0.25, 0.3) is 5.57 Å². The van der Waals surface area contributed by atoms with Crippen LogP contribution in [0.1, 0.15) is 17.5 Å². The molecule has 1 unspecified atom stereocenters. The Bertz CT molecular complexity index is 1160. The maximum atomic E-state index is 12.5. The van der Waals surface area contributed by atoms with E-state index >= 15 is 0 Å². The molecule has 0 saturated carbocycles. The maximum absolute atomic E-state index is 12.5. The molecule has 1 saturated heterocycles. The number of nitrogens with one attached hydrogen (secondary N) is 1. The van der Waals surface area contributed by atoms with Gasteiger partial charge in [0.2, 0.25) is 0 Å². The second-order valence-corrected chi connectivity index (χ2v) is 9.78. The molecule has 0 bridgehead atoms. The zero-order chi connectivity index (χ0) is 24.1. The summed E-state index contributed by atoms with van der Waals surface area (Å²) >= 11 is 0. The molecular formula is C24H26N2O7S. The topological polar surface area (TPSA) is 111 Å². The lowest BCUT2D eigenvalue weighted by molar-refractivity contribution is -0.147. The molecule has 9 nitrogen and oxygen atoms in total. The first-order chi connectivity index (χ1) is 16.3. The lowest BCUT2D eigenvalue weighted by Crippen LogP contribution is -2.40. The van der Waals surface area contributed by atoms with Crippen LogP contribution in [0.2, 0.25) is 0 Å². The van der Waals surface area contributed by atoms with Gasteiger partial charge < -0.3 is 14.8 Å². The zero-order valence-electron chi connectivity index (χ0n) is 18.7. The van der Waals surface area contributed by atoms with Crippen LogP contribution in [0.4, 0.5) is 10.5 Å². The zero-order valence-corrected chi connectivity index (χ0v) is 19.5. The highest BCUT2D eigenvalue weighted by Crippen LogP contribution is 2.27. The van der Waals surface area contributed by atoms with Crippen molar-refractivity contribution < 1.29 is 31.7 Å². The van der Waals surface area contributed by atoms with Crippen LogP contribution in [0.5, 0.6) is 0 Å². The molecule has 2 aliphatic heterocycles. The Labute approximate surface area is 198 Å². The van der Waals surface area contributed by atoms with Gasteiger partial charge in [-0.3, -0.25) is 13.9 Å². The van der Waals surface area contributed by atoms with Gasteiger partial charge >= 0.3 is 12.1 Å². The molecule has 2 aromatic carbocycles. The third-order valence-electron chi connectivity index (χ3n) is 5.54. The standard InChI is InChI=1S/C24H26N2O7S/c1-34(29,30)32-16-21-14-26(24(28)33-21)20-9-7-18(8-10-20)19-11-12-25-22(13-19)23(27)31-15-17-5-3-2-4-6-17/h2-11,21-22,25H,12-16H2,1H3/t21-,22?/m1/s1. The molecule has 10 heteroatoms. The average Bonchev–Trinajstić information content (AvgIpc) is 3.22. The molecule has 1 N–H and O–H groups in total. The van der Waals surface area contributed by atoms with Gasteiger partial charge in [0.15, 0.2) is 0 Å². The monoisotopic (exact) mass is 486 g/mol. The van der Waals surface area contributed by atoms with Crippen molar-refractivity contribution in [2.75, 3.05) is 30.9 Å². The Morgan fingerprint density at radius 1 is 1.15 bits per heavy atom. The predicted molar refractivity (Wildman–Crippen MR) is 125 cm³/mol. The number of rotatable bonds is 8. The summed E-state index contributed by atoms with van der Waals surface area (Å²) in [4.78, 5) is 26.2. The number of anilines is 1. The Kier molecular flexibility index (Phi) is 7.30. The van der Waals surface area contributed by atoms with Gasteiger partial charge in [0.1, 0.15) is 25.4 Å². The molecule has 1 fully saturated rings. The van der Waals surface area contributed by atoms with Gasteiger partial charge in [0.05, 0.1) is 12.8 Å². The van der Waals surface area contributed by atoms with Crippen molar-refractivity contribution in [1.82, 2.24) is 5.32 Å². The largest absolute Gasteiger partial charge is 0.460 e. The maximum Gasteiger partial charge on any atom is 0.414 e. The third kappa shape index (κ3) is 6.22. The minimum atomic E-state index is -3.61. The van der Waals surface area contributed by atoms with Gasteiger partial charge in [0.25, 0.3) is 10.1 Å². The summed E-state index contributed by atoms with van der Waals surface area (Å²) in [7, 11) is -3.61. The van der Waals surface area contributed by atoms with E-state index in [1.807, 2.05) is 48.5 Å². The van der Waals surface area contributed by atoms with Crippen LogP contribution in [0.3, 0.4) is 0 Å². The van der Waals surface area contributed by atoms with Crippen molar-refractivity contribution in [3.63, 3.8) is 0 Å². The number of amides is 1.